The Morgan fingerprint density at radius 1 is 0.486 bits per heavy atom. The third-order valence-electron chi connectivity index (χ3n) is 7.37. The van der Waals surface area contributed by atoms with Crippen molar-refractivity contribution in [2.75, 3.05) is 6.16 Å². The predicted octanol–water partition coefficient (Wildman–Crippen LogP) is 7.50. The van der Waals surface area contributed by atoms with Crippen molar-refractivity contribution in [3.63, 3.8) is 0 Å². The molecule has 2 heteroatoms. The maximum absolute atomic E-state index is 2.53. The van der Waals surface area contributed by atoms with Gasteiger partial charge in [-0.25, -0.2) is 0 Å². The Labute approximate surface area is 224 Å². The van der Waals surface area contributed by atoms with Crippen LogP contribution in [-0.2, 0) is 6.16 Å². The van der Waals surface area contributed by atoms with Crippen molar-refractivity contribution in [2.45, 2.75) is 25.2 Å². The van der Waals surface area contributed by atoms with Gasteiger partial charge in [0, 0.05) is 0 Å². The molecule has 0 radical (unpaired) electrons. The molecular weight excluding hydrogens is 482 g/mol. The Morgan fingerprint density at radius 2 is 0.838 bits per heavy atom. The summed E-state index contributed by atoms with van der Waals surface area (Å²) in [4.78, 5) is 0. The van der Waals surface area contributed by atoms with E-state index in [1.807, 2.05) is 0 Å². The molecule has 0 atom stereocenters. The topological polar surface area (TPSA) is 0 Å². The van der Waals surface area contributed by atoms with Crippen molar-refractivity contribution in [2.24, 2.45) is 0 Å². The second-order valence-electron chi connectivity index (χ2n) is 10.5. The van der Waals surface area contributed by atoms with Gasteiger partial charge in [-0.05, 0) is 0 Å². The number of hydrogen-bond donors (Lipinski definition) is 0. The van der Waals surface area contributed by atoms with E-state index in [1.165, 1.54) is 32.9 Å². The molecule has 0 saturated heterocycles. The van der Waals surface area contributed by atoms with Gasteiger partial charge < -0.3 is 0 Å². The summed E-state index contributed by atoms with van der Waals surface area (Å²) in [6.07, 6.45) is 2.26. The monoisotopic (exact) mass is 518 g/mol. The number of benzene rings is 5. The fourth-order valence-corrected chi connectivity index (χ4v) is 15.3. The van der Waals surface area contributed by atoms with Gasteiger partial charge in [-0.1, -0.05) is 0 Å². The standard InChI is InChI=1S/C35H36P2/c1-35(2,36(31-20-10-4-11-21-31)32-22-12-5-13-23-32)29-37(33-24-14-6-15-25-33,34-26-16-7-17-27-34)28-30-18-8-3-9-19-30/h3-27,37H,28-29H2,1-2H3. The molecule has 0 aliphatic rings. The molecule has 0 N–H and O–H groups in total. The van der Waals surface area contributed by atoms with Crippen LogP contribution < -0.4 is 21.2 Å². The van der Waals surface area contributed by atoms with Gasteiger partial charge in [0.25, 0.3) is 0 Å². The molecule has 0 heterocycles. The zero-order valence-corrected chi connectivity index (χ0v) is 23.7. The first kappa shape index (κ1) is 25.6. The molecule has 5 rings (SSSR count). The van der Waals surface area contributed by atoms with Gasteiger partial charge in [0.05, 0.1) is 0 Å². The Bertz CT molecular complexity index is 1290. The van der Waals surface area contributed by atoms with Crippen molar-refractivity contribution < 1.29 is 0 Å². The van der Waals surface area contributed by atoms with Crippen LogP contribution in [0.4, 0.5) is 0 Å². The fraction of sp³-hybridized carbons (Fsp3) is 0.143. The molecule has 5 aromatic carbocycles. The van der Waals surface area contributed by atoms with Crippen LogP contribution in [0, 0.1) is 0 Å². The summed E-state index contributed by atoms with van der Waals surface area (Å²) in [5.74, 6) is 0. The zero-order valence-electron chi connectivity index (χ0n) is 21.8. The molecular formula is C35H36P2. The summed E-state index contributed by atoms with van der Waals surface area (Å²) in [6, 6.07) is 56.4. The first-order valence-corrected chi connectivity index (χ1v) is 16.9. The van der Waals surface area contributed by atoms with Gasteiger partial charge in [0.15, 0.2) is 0 Å². The first-order chi connectivity index (χ1) is 18.1. The van der Waals surface area contributed by atoms with E-state index in [2.05, 4.69) is 166 Å². The minimum atomic E-state index is -2.24. The molecule has 0 aromatic heterocycles. The van der Waals surface area contributed by atoms with E-state index < -0.39 is 15.2 Å². The van der Waals surface area contributed by atoms with E-state index in [1.54, 1.807) is 0 Å². The molecule has 0 aliphatic carbocycles. The fourth-order valence-electron chi connectivity index (χ4n) is 5.92. The van der Waals surface area contributed by atoms with Crippen molar-refractivity contribution in [3.05, 3.63) is 157 Å². The van der Waals surface area contributed by atoms with Crippen LogP contribution in [0.25, 0.3) is 0 Å². The normalized spacial score (nSPS) is 12.4. The van der Waals surface area contributed by atoms with Crippen LogP contribution in [0.3, 0.4) is 0 Å². The van der Waals surface area contributed by atoms with E-state index in [4.69, 9.17) is 0 Å². The minimum absolute atomic E-state index is 0.0741. The van der Waals surface area contributed by atoms with Gasteiger partial charge in [0.2, 0.25) is 0 Å². The van der Waals surface area contributed by atoms with Crippen LogP contribution in [0.2, 0.25) is 0 Å². The maximum atomic E-state index is 2.53. The third-order valence-corrected chi connectivity index (χ3v) is 16.0. The van der Waals surface area contributed by atoms with Gasteiger partial charge in [-0.15, -0.1) is 0 Å². The van der Waals surface area contributed by atoms with Crippen molar-refractivity contribution in [3.8, 4) is 0 Å². The first-order valence-electron chi connectivity index (χ1n) is 13.1. The molecule has 0 nitrogen and oxygen atoms in total. The summed E-state index contributed by atoms with van der Waals surface area (Å²) in [6.45, 7) is 5.05. The van der Waals surface area contributed by atoms with E-state index in [-0.39, 0.29) is 5.16 Å². The van der Waals surface area contributed by atoms with Crippen LogP contribution >= 0.6 is 15.2 Å². The molecule has 37 heavy (non-hydrogen) atoms. The van der Waals surface area contributed by atoms with E-state index in [0.29, 0.717) is 0 Å². The van der Waals surface area contributed by atoms with E-state index in [0.717, 1.165) is 6.16 Å². The summed E-state index contributed by atoms with van der Waals surface area (Å²) in [5, 5.41) is 6.03. The Morgan fingerprint density at radius 3 is 1.24 bits per heavy atom. The molecule has 0 unspecified atom stereocenters. The number of hydrogen-bond acceptors (Lipinski definition) is 0. The van der Waals surface area contributed by atoms with Crippen molar-refractivity contribution in [1.82, 2.24) is 0 Å². The van der Waals surface area contributed by atoms with Gasteiger partial charge in [-0.2, -0.15) is 0 Å². The summed E-state index contributed by atoms with van der Waals surface area (Å²) < 4.78 is 0. The summed E-state index contributed by atoms with van der Waals surface area (Å²) >= 11 is 0. The van der Waals surface area contributed by atoms with Crippen LogP contribution in [0.5, 0.6) is 0 Å². The molecule has 0 spiro atoms. The van der Waals surface area contributed by atoms with Crippen molar-refractivity contribution >= 4 is 36.4 Å². The second-order valence-corrected chi connectivity index (χ2v) is 17.4. The SMILES string of the molecule is CC(C)(C[PH](Cc1ccccc1)(c1ccccc1)c1ccccc1)P(c1ccccc1)c1ccccc1. The molecule has 186 valence electrons. The van der Waals surface area contributed by atoms with Gasteiger partial charge >= 0.3 is 225 Å². The Kier molecular flexibility index (Phi) is 8.00. The molecule has 5 aromatic rings. The second kappa shape index (κ2) is 11.6. The van der Waals surface area contributed by atoms with Gasteiger partial charge in [-0.3, -0.25) is 0 Å². The predicted molar refractivity (Wildman–Crippen MR) is 169 cm³/mol. The van der Waals surface area contributed by atoms with Crippen LogP contribution in [-0.4, -0.2) is 11.3 Å². The van der Waals surface area contributed by atoms with E-state index in [9.17, 15) is 0 Å². The molecule has 0 bridgehead atoms. The quantitative estimate of drug-likeness (QED) is 0.177. The summed E-state index contributed by atoms with van der Waals surface area (Å²) in [5.41, 5.74) is 1.43. The Hall–Kier alpha value is -3.04. The zero-order chi connectivity index (χ0) is 25.6. The molecule has 0 amide bonds. The van der Waals surface area contributed by atoms with Gasteiger partial charge in [0.1, 0.15) is 0 Å². The molecule has 0 saturated carbocycles. The average molecular weight is 519 g/mol. The number of rotatable bonds is 9. The average Bonchev–Trinajstić information content (AvgIpc) is 2.95. The van der Waals surface area contributed by atoms with Crippen LogP contribution in [0.15, 0.2) is 152 Å². The third kappa shape index (κ3) is 5.78. The Balaban J connectivity index is 1.70. The molecule has 0 aliphatic heterocycles. The van der Waals surface area contributed by atoms with Crippen LogP contribution in [0.1, 0.15) is 19.4 Å². The summed E-state index contributed by atoms with van der Waals surface area (Å²) in [7, 11) is -2.82. The van der Waals surface area contributed by atoms with Crippen molar-refractivity contribution in [1.29, 1.82) is 0 Å². The molecule has 0 fully saturated rings. The van der Waals surface area contributed by atoms with E-state index >= 15 is 0 Å².